The summed E-state index contributed by atoms with van der Waals surface area (Å²) in [6, 6.07) is 0. The molecule has 2 rings (SSSR count). The van der Waals surface area contributed by atoms with Gasteiger partial charge in [0.25, 0.3) is 0 Å². The molecule has 0 spiro atoms. The molecule has 0 radical (unpaired) electrons. The second-order valence-electron chi connectivity index (χ2n) is 4.88. The van der Waals surface area contributed by atoms with E-state index in [9.17, 15) is 9.59 Å². The summed E-state index contributed by atoms with van der Waals surface area (Å²) in [5.41, 5.74) is 1.04. The number of carbonyl (C=O) groups excluding carboxylic acids is 1. The van der Waals surface area contributed by atoms with E-state index in [1.807, 2.05) is 12.3 Å². The van der Waals surface area contributed by atoms with Gasteiger partial charge in [-0.25, -0.2) is 4.98 Å². The monoisotopic (exact) mass is 282 g/mol. The Hall–Kier alpha value is -1.43. The Morgan fingerprint density at radius 3 is 2.95 bits per heavy atom. The van der Waals surface area contributed by atoms with Gasteiger partial charge in [0.1, 0.15) is 0 Å². The molecule has 6 heteroatoms. The SMILES string of the molecule is Cc1nc(CCCC(=O)N2CCC(C(=O)O)C2)cs1. The first kappa shape index (κ1) is 14.0. The molecule has 5 nitrogen and oxygen atoms in total. The Labute approximate surface area is 116 Å². The van der Waals surface area contributed by atoms with Crippen molar-refractivity contribution in [3.8, 4) is 0 Å². The summed E-state index contributed by atoms with van der Waals surface area (Å²) in [5.74, 6) is -1.12. The van der Waals surface area contributed by atoms with Crippen LogP contribution in [0.1, 0.15) is 30.0 Å². The van der Waals surface area contributed by atoms with Gasteiger partial charge in [0, 0.05) is 24.9 Å². The number of aliphatic carboxylic acids is 1. The third kappa shape index (κ3) is 3.76. The maximum absolute atomic E-state index is 11.9. The standard InChI is InChI=1S/C13H18N2O3S/c1-9-14-11(8-19-9)3-2-4-12(16)15-6-5-10(7-15)13(17)18/h8,10H,2-7H2,1H3,(H,17,18). The fourth-order valence-corrected chi connectivity index (χ4v) is 2.94. The number of likely N-dealkylation sites (tertiary alicyclic amines) is 1. The van der Waals surface area contributed by atoms with Gasteiger partial charge in [0.2, 0.25) is 5.91 Å². The molecule has 0 aliphatic carbocycles. The van der Waals surface area contributed by atoms with Crippen molar-refractivity contribution in [3.63, 3.8) is 0 Å². The van der Waals surface area contributed by atoms with Crippen LogP contribution in [-0.2, 0) is 16.0 Å². The van der Waals surface area contributed by atoms with E-state index in [4.69, 9.17) is 5.11 Å². The lowest BCUT2D eigenvalue weighted by Crippen LogP contribution is -2.29. The van der Waals surface area contributed by atoms with E-state index in [0.29, 0.717) is 25.9 Å². The summed E-state index contributed by atoms with van der Waals surface area (Å²) in [6.07, 6.45) is 2.64. The summed E-state index contributed by atoms with van der Waals surface area (Å²) >= 11 is 1.62. The molecule has 1 aliphatic rings. The summed E-state index contributed by atoms with van der Waals surface area (Å²) in [6.45, 7) is 2.91. The highest BCUT2D eigenvalue weighted by molar-refractivity contribution is 7.09. The Kier molecular flexibility index (Phi) is 4.52. The molecule has 1 aromatic rings. The van der Waals surface area contributed by atoms with Crippen LogP contribution >= 0.6 is 11.3 Å². The summed E-state index contributed by atoms with van der Waals surface area (Å²) < 4.78 is 0. The zero-order chi connectivity index (χ0) is 13.8. The van der Waals surface area contributed by atoms with E-state index >= 15 is 0 Å². The van der Waals surface area contributed by atoms with Crippen LogP contribution in [0, 0.1) is 12.8 Å². The second-order valence-corrected chi connectivity index (χ2v) is 5.94. The van der Waals surface area contributed by atoms with Crippen molar-refractivity contribution in [2.75, 3.05) is 13.1 Å². The first-order valence-electron chi connectivity index (χ1n) is 6.48. The molecule has 1 aliphatic heterocycles. The predicted molar refractivity (Wildman–Crippen MR) is 72.1 cm³/mol. The first-order valence-corrected chi connectivity index (χ1v) is 7.36. The van der Waals surface area contributed by atoms with Crippen LogP contribution < -0.4 is 0 Å². The van der Waals surface area contributed by atoms with Crippen LogP contribution in [0.3, 0.4) is 0 Å². The molecule has 19 heavy (non-hydrogen) atoms. The molecule has 1 saturated heterocycles. The van der Waals surface area contributed by atoms with Gasteiger partial charge in [-0.15, -0.1) is 11.3 Å². The smallest absolute Gasteiger partial charge is 0.308 e. The van der Waals surface area contributed by atoms with E-state index in [1.54, 1.807) is 16.2 Å². The van der Waals surface area contributed by atoms with Crippen molar-refractivity contribution in [2.45, 2.75) is 32.6 Å². The number of aryl methyl sites for hydroxylation is 2. The van der Waals surface area contributed by atoms with Crippen molar-refractivity contribution < 1.29 is 14.7 Å². The number of carboxylic acid groups (broad SMARTS) is 1. The molecule has 0 bridgehead atoms. The minimum atomic E-state index is -0.798. The van der Waals surface area contributed by atoms with Crippen LogP contribution in [0.5, 0.6) is 0 Å². The molecule has 1 aromatic heterocycles. The van der Waals surface area contributed by atoms with Crippen LogP contribution in [0.4, 0.5) is 0 Å². The van der Waals surface area contributed by atoms with Crippen molar-refractivity contribution in [2.24, 2.45) is 5.92 Å². The van der Waals surface area contributed by atoms with E-state index in [2.05, 4.69) is 4.98 Å². The van der Waals surface area contributed by atoms with Gasteiger partial charge in [0.15, 0.2) is 0 Å². The molecule has 1 fully saturated rings. The zero-order valence-electron chi connectivity index (χ0n) is 11.0. The van der Waals surface area contributed by atoms with Crippen LogP contribution in [-0.4, -0.2) is 40.0 Å². The molecule has 2 heterocycles. The van der Waals surface area contributed by atoms with Gasteiger partial charge in [-0.05, 0) is 26.2 Å². The quantitative estimate of drug-likeness (QED) is 0.892. The number of amides is 1. The molecule has 0 aromatic carbocycles. The molecular weight excluding hydrogens is 264 g/mol. The predicted octanol–water partition coefficient (Wildman–Crippen LogP) is 1.71. The number of thiazole rings is 1. The molecule has 1 unspecified atom stereocenters. The lowest BCUT2D eigenvalue weighted by molar-refractivity contribution is -0.141. The molecular formula is C13H18N2O3S. The topological polar surface area (TPSA) is 70.5 Å². The fourth-order valence-electron chi connectivity index (χ4n) is 2.29. The first-order chi connectivity index (χ1) is 9.06. The molecule has 1 N–H and O–H groups in total. The van der Waals surface area contributed by atoms with Crippen molar-refractivity contribution in [3.05, 3.63) is 16.1 Å². The van der Waals surface area contributed by atoms with E-state index in [-0.39, 0.29) is 11.8 Å². The maximum Gasteiger partial charge on any atom is 0.308 e. The number of carboxylic acids is 1. The van der Waals surface area contributed by atoms with Crippen LogP contribution in [0.15, 0.2) is 5.38 Å². The van der Waals surface area contributed by atoms with Gasteiger partial charge in [-0.1, -0.05) is 0 Å². The summed E-state index contributed by atoms with van der Waals surface area (Å²) in [7, 11) is 0. The minimum Gasteiger partial charge on any atom is -0.481 e. The summed E-state index contributed by atoms with van der Waals surface area (Å²) in [4.78, 5) is 28.8. The third-order valence-corrected chi connectivity index (χ3v) is 4.20. The average molecular weight is 282 g/mol. The fraction of sp³-hybridized carbons (Fsp3) is 0.615. The zero-order valence-corrected chi connectivity index (χ0v) is 11.8. The maximum atomic E-state index is 11.9. The van der Waals surface area contributed by atoms with Gasteiger partial charge in [0.05, 0.1) is 16.6 Å². The number of hydrogen-bond donors (Lipinski definition) is 1. The Morgan fingerprint density at radius 2 is 2.37 bits per heavy atom. The van der Waals surface area contributed by atoms with Gasteiger partial charge >= 0.3 is 5.97 Å². The second kappa shape index (κ2) is 6.14. The number of rotatable bonds is 5. The lowest BCUT2D eigenvalue weighted by Gasteiger charge is -2.15. The third-order valence-electron chi connectivity index (χ3n) is 3.38. The highest BCUT2D eigenvalue weighted by Gasteiger charge is 2.30. The minimum absolute atomic E-state index is 0.0655. The van der Waals surface area contributed by atoms with Gasteiger partial charge in [-0.2, -0.15) is 0 Å². The van der Waals surface area contributed by atoms with Crippen molar-refractivity contribution >= 4 is 23.2 Å². The van der Waals surface area contributed by atoms with Gasteiger partial charge < -0.3 is 10.0 Å². The Balaban J connectivity index is 1.72. The van der Waals surface area contributed by atoms with E-state index in [1.165, 1.54) is 0 Å². The lowest BCUT2D eigenvalue weighted by atomic mass is 10.1. The molecule has 0 saturated carbocycles. The number of carbonyl (C=O) groups is 2. The van der Waals surface area contributed by atoms with Crippen molar-refractivity contribution in [1.29, 1.82) is 0 Å². The largest absolute Gasteiger partial charge is 0.481 e. The Bertz CT molecular complexity index is 472. The normalized spacial score (nSPS) is 18.8. The van der Waals surface area contributed by atoms with Gasteiger partial charge in [-0.3, -0.25) is 9.59 Å². The van der Waals surface area contributed by atoms with Crippen molar-refractivity contribution in [1.82, 2.24) is 9.88 Å². The number of nitrogens with zero attached hydrogens (tertiary/aromatic N) is 2. The average Bonchev–Trinajstić information content (AvgIpc) is 2.98. The summed E-state index contributed by atoms with van der Waals surface area (Å²) in [5, 5.41) is 12.0. The molecule has 1 amide bonds. The van der Waals surface area contributed by atoms with E-state index < -0.39 is 5.97 Å². The number of hydrogen-bond acceptors (Lipinski definition) is 4. The highest BCUT2D eigenvalue weighted by Crippen LogP contribution is 2.18. The highest BCUT2D eigenvalue weighted by atomic mass is 32.1. The van der Waals surface area contributed by atoms with Crippen LogP contribution in [0.25, 0.3) is 0 Å². The Morgan fingerprint density at radius 1 is 1.58 bits per heavy atom. The molecule has 1 atom stereocenters. The molecule has 104 valence electrons. The van der Waals surface area contributed by atoms with E-state index in [0.717, 1.165) is 23.5 Å². The van der Waals surface area contributed by atoms with Crippen LogP contribution in [0.2, 0.25) is 0 Å². The number of aromatic nitrogens is 1.